The molecule has 1 aliphatic carbocycles. The van der Waals surface area contributed by atoms with Crippen LogP contribution < -0.4 is 5.32 Å². The van der Waals surface area contributed by atoms with Gasteiger partial charge < -0.3 is 5.32 Å². The maximum Gasteiger partial charge on any atom is 0.0798 e. The van der Waals surface area contributed by atoms with Gasteiger partial charge in [0.1, 0.15) is 0 Å². The lowest BCUT2D eigenvalue weighted by Gasteiger charge is -2.11. The van der Waals surface area contributed by atoms with Crippen LogP contribution in [0.25, 0.3) is 6.08 Å². The molecule has 0 spiro atoms. The molecule has 0 saturated heterocycles. The molecule has 2 rings (SSSR count). The Balaban J connectivity index is 1.97. The lowest BCUT2D eigenvalue weighted by atomic mass is 10.0. The summed E-state index contributed by atoms with van der Waals surface area (Å²) in [4.78, 5) is 4.30. The van der Waals surface area contributed by atoms with E-state index in [0.717, 1.165) is 18.3 Å². The van der Waals surface area contributed by atoms with Crippen molar-refractivity contribution in [3.63, 3.8) is 0 Å². The van der Waals surface area contributed by atoms with Crippen LogP contribution in [0.15, 0.2) is 16.5 Å². The van der Waals surface area contributed by atoms with Gasteiger partial charge in [0.05, 0.1) is 11.2 Å². The number of rotatable bonds is 5. The van der Waals surface area contributed by atoms with Crippen LogP contribution in [-0.4, -0.2) is 17.6 Å². The fourth-order valence-electron chi connectivity index (χ4n) is 1.45. The third-order valence-electron chi connectivity index (χ3n) is 2.70. The molecule has 0 radical (unpaired) electrons. The fourth-order valence-corrected chi connectivity index (χ4v) is 1.97. The number of nitrogens with one attached hydrogen (secondary N) is 1. The Kier molecular flexibility index (Phi) is 3.54. The molecule has 1 aromatic rings. The van der Waals surface area contributed by atoms with E-state index in [1.807, 2.05) is 5.51 Å². The summed E-state index contributed by atoms with van der Waals surface area (Å²) in [6, 6.07) is 0.780. The lowest BCUT2D eigenvalue weighted by Crippen LogP contribution is -2.21. The van der Waals surface area contributed by atoms with Crippen LogP contribution in [0.1, 0.15) is 32.4 Å². The summed E-state index contributed by atoms with van der Waals surface area (Å²) >= 11 is 1.65. The monoisotopic (exact) mass is 222 g/mol. The summed E-state index contributed by atoms with van der Waals surface area (Å²) < 4.78 is 0. The molecular weight excluding hydrogens is 204 g/mol. The molecule has 0 bridgehead atoms. The van der Waals surface area contributed by atoms with E-state index in [0.29, 0.717) is 5.92 Å². The van der Waals surface area contributed by atoms with Crippen LogP contribution in [0.3, 0.4) is 0 Å². The van der Waals surface area contributed by atoms with Crippen LogP contribution >= 0.6 is 11.3 Å². The third-order valence-corrected chi connectivity index (χ3v) is 3.30. The molecule has 82 valence electrons. The summed E-state index contributed by atoms with van der Waals surface area (Å²) in [5.74, 6) is 0.595. The number of hydrogen-bond acceptors (Lipinski definition) is 3. The van der Waals surface area contributed by atoms with Gasteiger partial charge in [-0.15, -0.1) is 11.3 Å². The molecule has 1 aromatic heterocycles. The van der Waals surface area contributed by atoms with Crippen molar-refractivity contribution in [2.24, 2.45) is 5.92 Å². The first-order valence-electron chi connectivity index (χ1n) is 5.57. The number of hydrogen-bond donors (Lipinski definition) is 1. The zero-order valence-electron chi connectivity index (χ0n) is 9.36. The second-order valence-corrected chi connectivity index (χ2v) is 5.16. The van der Waals surface area contributed by atoms with Gasteiger partial charge in [0.15, 0.2) is 0 Å². The van der Waals surface area contributed by atoms with Crippen molar-refractivity contribution in [2.45, 2.75) is 32.7 Å². The van der Waals surface area contributed by atoms with Crippen molar-refractivity contribution < 1.29 is 0 Å². The Hall–Kier alpha value is -0.670. The summed E-state index contributed by atoms with van der Waals surface area (Å²) in [5.41, 5.74) is 4.44. The minimum Gasteiger partial charge on any atom is -0.310 e. The molecule has 15 heavy (non-hydrogen) atoms. The average Bonchev–Trinajstić information content (AvgIpc) is 2.89. The van der Waals surface area contributed by atoms with Gasteiger partial charge in [-0.1, -0.05) is 19.4 Å². The summed E-state index contributed by atoms with van der Waals surface area (Å²) in [5, 5.41) is 5.65. The zero-order chi connectivity index (χ0) is 10.7. The van der Waals surface area contributed by atoms with Gasteiger partial charge in [-0.2, -0.15) is 0 Å². The van der Waals surface area contributed by atoms with Gasteiger partial charge in [0, 0.05) is 18.0 Å². The van der Waals surface area contributed by atoms with E-state index in [9.17, 15) is 0 Å². The summed E-state index contributed by atoms with van der Waals surface area (Å²) in [6.45, 7) is 5.50. The molecule has 1 saturated carbocycles. The van der Waals surface area contributed by atoms with Crippen molar-refractivity contribution in [1.82, 2.24) is 10.3 Å². The van der Waals surface area contributed by atoms with Crippen LogP contribution in [0.5, 0.6) is 0 Å². The Morgan fingerprint density at radius 3 is 3.00 bits per heavy atom. The SMILES string of the molecule is CC(C)C(=Cc1cscn1)CNC1CC1. The van der Waals surface area contributed by atoms with Crippen molar-refractivity contribution in [3.05, 3.63) is 22.2 Å². The highest BCUT2D eigenvalue weighted by atomic mass is 32.1. The third kappa shape index (κ3) is 3.43. The minimum atomic E-state index is 0.595. The standard InChI is InChI=1S/C12H18N2S/c1-9(2)10(6-13-11-3-4-11)5-12-7-15-8-14-12/h5,7-9,11,13H,3-4,6H2,1-2H3. The minimum absolute atomic E-state index is 0.595. The molecule has 0 aromatic carbocycles. The van der Waals surface area contributed by atoms with E-state index in [4.69, 9.17) is 0 Å². The highest BCUT2D eigenvalue weighted by Crippen LogP contribution is 2.20. The first kappa shape index (κ1) is 10.8. The highest BCUT2D eigenvalue weighted by Gasteiger charge is 2.20. The molecule has 0 unspecified atom stereocenters. The Morgan fingerprint density at radius 2 is 2.47 bits per heavy atom. The van der Waals surface area contributed by atoms with Crippen molar-refractivity contribution in [1.29, 1.82) is 0 Å². The van der Waals surface area contributed by atoms with Gasteiger partial charge >= 0.3 is 0 Å². The van der Waals surface area contributed by atoms with Gasteiger partial charge in [0.2, 0.25) is 0 Å². The smallest absolute Gasteiger partial charge is 0.0798 e. The van der Waals surface area contributed by atoms with E-state index in [1.54, 1.807) is 11.3 Å². The second kappa shape index (κ2) is 4.90. The molecule has 0 atom stereocenters. The Labute approximate surface area is 95.4 Å². The molecule has 0 amide bonds. The van der Waals surface area contributed by atoms with Crippen molar-refractivity contribution in [3.8, 4) is 0 Å². The molecule has 0 aliphatic heterocycles. The average molecular weight is 222 g/mol. The highest BCUT2D eigenvalue weighted by molar-refractivity contribution is 7.07. The molecule has 1 aliphatic rings. The van der Waals surface area contributed by atoms with E-state index in [2.05, 4.69) is 35.6 Å². The lowest BCUT2D eigenvalue weighted by molar-refractivity contribution is 0.662. The summed E-state index contributed by atoms with van der Waals surface area (Å²) in [7, 11) is 0. The first-order valence-corrected chi connectivity index (χ1v) is 6.52. The van der Waals surface area contributed by atoms with Gasteiger partial charge in [-0.05, 0) is 24.8 Å². The quantitative estimate of drug-likeness (QED) is 0.828. The summed E-state index contributed by atoms with van der Waals surface area (Å²) in [6.07, 6.45) is 4.92. The number of aromatic nitrogens is 1. The number of nitrogens with zero attached hydrogens (tertiary/aromatic N) is 1. The van der Waals surface area contributed by atoms with Crippen molar-refractivity contribution in [2.75, 3.05) is 6.54 Å². The molecule has 2 nitrogen and oxygen atoms in total. The van der Waals surface area contributed by atoms with E-state index in [-0.39, 0.29) is 0 Å². The molecular formula is C12H18N2S. The molecule has 1 heterocycles. The van der Waals surface area contributed by atoms with E-state index >= 15 is 0 Å². The number of thiazole rings is 1. The largest absolute Gasteiger partial charge is 0.310 e. The van der Waals surface area contributed by atoms with Crippen LogP contribution in [-0.2, 0) is 0 Å². The van der Waals surface area contributed by atoms with E-state index < -0.39 is 0 Å². The maximum absolute atomic E-state index is 4.30. The fraction of sp³-hybridized carbons (Fsp3) is 0.583. The van der Waals surface area contributed by atoms with Gasteiger partial charge in [-0.25, -0.2) is 4.98 Å². The normalized spacial score (nSPS) is 17.4. The molecule has 3 heteroatoms. The van der Waals surface area contributed by atoms with Gasteiger partial charge in [0.25, 0.3) is 0 Å². The first-order chi connectivity index (χ1) is 7.25. The topological polar surface area (TPSA) is 24.9 Å². The van der Waals surface area contributed by atoms with Gasteiger partial charge in [-0.3, -0.25) is 0 Å². The van der Waals surface area contributed by atoms with Crippen LogP contribution in [0.2, 0.25) is 0 Å². The Bertz CT molecular complexity index is 323. The Morgan fingerprint density at radius 1 is 1.67 bits per heavy atom. The molecule has 1 N–H and O–H groups in total. The predicted octanol–water partition coefficient (Wildman–Crippen LogP) is 2.93. The van der Waals surface area contributed by atoms with Crippen molar-refractivity contribution >= 4 is 17.4 Å². The second-order valence-electron chi connectivity index (χ2n) is 4.44. The van der Waals surface area contributed by atoms with Crippen LogP contribution in [0.4, 0.5) is 0 Å². The van der Waals surface area contributed by atoms with Crippen LogP contribution in [0, 0.1) is 5.92 Å². The predicted molar refractivity (Wildman–Crippen MR) is 66.0 cm³/mol. The zero-order valence-corrected chi connectivity index (χ0v) is 10.2. The van der Waals surface area contributed by atoms with E-state index in [1.165, 1.54) is 18.4 Å². The maximum atomic E-state index is 4.30. The molecule has 1 fully saturated rings.